The first kappa shape index (κ1) is 33.2. The molecule has 11 rings (SSSR count). The molecule has 56 heavy (non-hydrogen) atoms. The minimum atomic E-state index is -0.202. The fraction of sp³-hybridized carbons (Fsp3) is 0.185. The highest BCUT2D eigenvalue weighted by molar-refractivity contribution is 5.98. The van der Waals surface area contributed by atoms with Crippen LogP contribution in [0.1, 0.15) is 85.4 Å². The van der Waals surface area contributed by atoms with Crippen molar-refractivity contribution in [2.24, 2.45) is 0 Å². The van der Waals surface area contributed by atoms with E-state index in [9.17, 15) is 0 Å². The van der Waals surface area contributed by atoms with Gasteiger partial charge in [0.05, 0.1) is 11.4 Å². The molecule has 0 amide bonds. The van der Waals surface area contributed by atoms with Crippen LogP contribution in [0.5, 0.6) is 5.75 Å². The molecule has 0 radical (unpaired) electrons. The van der Waals surface area contributed by atoms with Crippen LogP contribution >= 0.6 is 0 Å². The number of benzene rings is 6. The Morgan fingerprint density at radius 1 is 0.589 bits per heavy atom. The van der Waals surface area contributed by atoms with E-state index in [1.54, 1.807) is 0 Å². The van der Waals surface area contributed by atoms with E-state index in [4.69, 9.17) is 4.74 Å². The molecule has 1 aliphatic heterocycles. The second-order valence-corrected chi connectivity index (χ2v) is 17.0. The second kappa shape index (κ2) is 12.2. The lowest BCUT2D eigenvalue weighted by molar-refractivity contribution is 0.278. The van der Waals surface area contributed by atoms with Gasteiger partial charge in [-0.05, 0) is 81.1 Å². The van der Waals surface area contributed by atoms with E-state index in [-0.39, 0.29) is 22.9 Å². The first-order valence-corrected chi connectivity index (χ1v) is 20.2. The molecule has 2 nitrogen and oxygen atoms in total. The smallest absolute Gasteiger partial charge is 0.135 e. The van der Waals surface area contributed by atoms with E-state index in [0.717, 1.165) is 18.6 Å². The maximum Gasteiger partial charge on any atom is 0.135 e. The first-order valence-electron chi connectivity index (χ1n) is 20.2. The van der Waals surface area contributed by atoms with E-state index >= 15 is 0 Å². The van der Waals surface area contributed by atoms with Crippen molar-refractivity contribution in [2.75, 3.05) is 4.90 Å². The molecule has 2 heteroatoms. The van der Waals surface area contributed by atoms with Gasteiger partial charge in [0.1, 0.15) is 11.9 Å². The van der Waals surface area contributed by atoms with Crippen molar-refractivity contribution in [3.63, 3.8) is 0 Å². The summed E-state index contributed by atoms with van der Waals surface area (Å²) in [5.41, 5.74) is 20.7. The molecule has 6 aromatic carbocycles. The number of para-hydroxylation sites is 2. The molecular weight excluding hydrogens is 679 g/mol. The summed E-state index contributed by atoms with van der Waals surface area (Å²) in [4.78, 5) is 2.66. The lowest BCUT2D eigenvalue weighted by atomic mass is 9.80. The van der Waals surface area contributed by atoms with Gasteiger partial charge in [-0.2, -0.15) is 0 Å². The second-order valence-electron chi connectivity index (χ2n) is 17.0. The van der Waals surface area contributed by atoms with Gasteiger partial charge < -0.3 is 9.64 Å². The Labute approximate surface area is 330 Å². The summed E-state index contributed by atoms with van der Waals surface area (Å²) in [6, 6.07) is 49.7. The van der Waals surface area contributed by atoms with E-state index in [2.05, 4.69) is 196 Å². The predicted octanol–water partition coefficient (Wildman–Crippen LogP) is 13.7. The molecule has 0 spiro atoms. The maximum absolute atomic E-state index is 6.85. The van der Waals surface area contributed by atoms with Gasteiger partial charge in [-0.3, -0.25) is 0 Å². The molecule has 5 aliphatic rings. The average Bonchev–Trinajstić information content (AvgIpc) is 3.82. The molecule has 2 unspecified atom stereocenters. The number of hydrogen-bond acceptors (Lipinski definition) is 2. The molecule has 4 aliphatic carbocycles. The third-order valence-electron chi connectivity index (χ3n) is 13.3. The third-order valence-corrected chi connectivity index (χ3v) is 13.3. The Morgan fingerprint density at radius 3 is 2.09 bits per heavy atom. The molecule has 1 heterocycles. The summed E-state index contributed by atoms with van der Waals surface area (Å²) in [5.74, 6) is 1.16. The van der Waals surface area contributed by atoms with Crippen molar-refractivity contribution < 1.29 is 4.74 Å². The van der Waals surface area contributed by atoms with Gasteiger partial charge >= 0.3 is 0 Å². The van der Waals surface area contributed by atoms with E-state index < -0.39 is 0 Å². The Morgan fingerprint density at radius 2 is 1.23 bits per heavy atom. The fourth-order valence-corrected chi connectivity index (χ4v) is 10.8. The topological polar surface area (TPSA) is 12.5 Å². The van der Waals surface area contributed by atoms with Crippen LogP contribution in [0.25, 0.3) is 33.4 Å². The number of fused-ring (bicyclic) bond motifs is 9. The van der Waals surface area contributed by atoms with Crippen molar-refractivity contribution in [1.29, 1.82) is 0 Å². The lowest BCUT2D eigenvalue weighted by Crippen LogP contribution is -2.27. The van der Waals surface area contributed by atoms with Gasteiger partial charge in [-0.25, -0.2) is 0 Å². The van der Waals surface area contributed by atoms with Gasteiger partial charge in [-0.1, -0.05) is 173 Å². The van der Waals surface area contributed by atoms with Crippen LogP contribution in [0.3, 0.4) is 0 Å². The minimum absolute atomic E-state index is 0.0836. The Kier molecular flexibility index (Phi) is 7.23. The van der Waals surface area contributed by atoms with Gasteiger partial charge in [0.15, 0.2) is 0 Å². The van der Waals surface area contributed by atoms with Crippen LogP contribution in [-0.2, 0) is 10.8 Å². The monoisotopic (exact) mass is 723 g/mol. The largest absolute Gasteiger partial charge is 0.484 e. The molecule has 272 valence electrons. The van der Waals surface area contributed by atoms with Crippen molar-refractivity contribution in [3.05, 3.63) is 208 Å². The Bertz CT molecular complexity index is 2750. The molecule has 0 saturated carbocycles. The van der Waals surface area contributed by atoms with Crippen LogP contribution < -0.4 is 9.64 Å². The molecule has 0 fully saturated rings. The van der Waals surface area contributed by atoms with E-state index in [1.165, 1.54) is 89.4 Å². The molecule has 0 N–H and O–H groups in total. The molecule has 2 atom stereocenters. The molecule has 6 aromatic rings. The Hall–Kier alpha value is -6.12. The van der Waals surface area contributed by atoms with Gasteiger partial charge in [0.25, 0.3) is 0 Å². The summed E-state index contributed by atoms with van der Waals surface area (Å²) < 4.78 is 6.85. The summed E-state index contributed by atoms with van der Waals surface area (Å²) in [6.45, 7) is 9.58. The van der Waals surface area contributed by atoms with Crippen molar-refractivity contribution in [2.45, 2.75) is 63.4 Å². The Balaban J connectivity index is 1.19. The van der Waals surface area contributed by atoms with Crippen molar-refractivity contribution >= 4 is 22.5 Å². The zero-order valence-corrected chi connectivity index (χ0v) is 32.5. The van der Waals surface area contributed by atoms with Crippen LogP contribution in [0.2, 0.25) is 0 Å². The normalized spacial score (nSPS) is 20.0. The van der Waals surface area contributed by atoms with Crippen LogP contribution in [-0.4, -0.2) is 6.10 Å². The first-order chi connectivity index (χ1) is 27.3. The zero-order chi connectivity index (χ0) is 37.8. The van der Waals surface area contributed by atoms with Gasteiger partial charge in [0.2, 0.25) is 0 Å². The van der Waals surface area contributed by atoms with Crippen LogP contribution in [0.15, 0.2) is 170 Å². The molecule has 0 aromatic heterocycles. The molecular formula is C54H45NO. The maximum atomic E-state index is 6.85. The third kappa shape index (κ3) is 4.62. The number of ether oxygens (including phenoxy) is 1. The number of rotatable bonds is 5. The van der Waals surface area contributed by atoms with Crippen molar-refractivity contribution in [1.82, 2.24) is 0 Å². The summed E-state index contributed by atoms with van der Waals surface area (Å²) in [7, 11) is 0. The summed E-state index contributed by atoms with van der Waals surface area (Å²) >= 11 is 0. The predicted molar refractivity (Wildman–Crippen MR) is 233 cm³/mol. The van der Waals surface area contributed by atoms with E-state index in [1.807, 2.05) is 0 Å². The molecule has 0 bridgehead atoms. The number of nitrogens with zero attached hydrogens (tertiary/aromatic N) is 1. The summed E-state index contributed by atoms with van der Waals surface area (Å²) in [6.07, 6.45) is 13.4. The number of hydrogen-bond donors (Lipinski definition) is 0. The quantitative estimate of drug-likeness (QED) is 0.176. The zero-order valence-electron chi connectivity index (χ0n) is 32.5. The van der Waals surface area contributed by atoms with E-state index in [0.29, 0.717) is 0 Å². The highest BCUT2D eigenvalue weighted by atomic mass is 16.5. The standard InChI is InChI=1S/C54H45NO/c1-53(2)44-28-11-6-22-42(44)50-38(23-16-29-45(50)53)35-19-7-12-30-46(35)55(48-32-17-24-39-34-18-5-10-27-43(34)54(3,4)51(39)48)47-31-13-8-20-36(47)40-25-15-26-41-37-21-9-14-33-49(37)56-52(40)41/h5-11,13-29,31-33,41,52H,12,30H2,1-4H3. The van der Waals surface area contributed by atoms with Gasteiger partial charge in [-0.15, -0.1) is 0 Å². The van der Waals surface area contributed by atoms with Crippen molar-refractivity contribution in [3.8, 4) is 28.0 Å². The van der Waals surface area contributed by atoms with Crippen LogP contribution in [0, 0.1) is 0 Å². The average molecular weight is 724 g/mol. The minimum Gasteiger partial charge on any atom is -0.484 e. The summed E-state index contributed by atoms with van der Waals surface area (Å²) in [5, 5.41) is 0. The van der Waals surface area contributed by atoms with Crippen LogP contribution in [0.4, 0.5) is 11.4 Å². The highest BCUT2D eigenvalue weighted by Gasteiger charge is 2.42. The number of allylic oxidation sites excluding steroid dienone is 6. The SMILES string of the molecule is CC1(C)c2ccccc2-c2c(C3=C(N(c4ccccc4C4=CC=CC5c6ccccc6OC45)c4cccc5c4C(C)(C)c4ccccc4-5)CCC=C3)cccc21. The highest BCUT2D eigenvalue weighted by Crippen LogP contribution is 2.57. The molecule has 0 saturated heterocycles. The van der Waals surface area contributed by atoms with Gasteiger partial charge in [0, 0.05) is 44.7 Å². The number of anilines is 2. The fourth-order valence-electron chi connectivity index (χ4n) is 10.8. The lowest BCUT2D eigenvalue weighted by Gasteiger charge is -2.37.